The molecule has 4 amide bonds. The summed E-state index contributed by atoms with van der Waals surface area (Å²) in [6.45, 7) is 9.26. The van der Waals surface area contributed by atoms with Crippen molar-refractivity contribution in [1.82, 2.24) is 59.3 Å². The van der Waals surface area contributed by atoms with E-state index in [1.54, 1.807) is 43.4 Å². The number of carboxylic acids is 2. The average molecular weight is 981 g/mol. The summed E-state index contributed by atoms with van der Waals surface area (Å²) in [5.41, 5.74) is 15.5. The van der Waals surface area contributed by atoms with Crippen molar-refractivity contribution >= 4 is 103 Å². The number of carbonyl (C=O) groups excluding carboxylic acids is 4. The van der Waals surface area contributed by atoms with Crippen LogP contribution in [0.1, 0.15) is 58.7 Å². The van der Waals surface area contributed by atoms with Crippen LogP contribution < -0.4 is 22.1 Å². The lowest BCUT2D eigenvalue weighted by molar-refractivity contribution is -0.134. The van der Waals surface area contributed by atoms with Gasteiger partial charge < -0.3 is 40.3 Å². The van der Waals surface area contributed by atoms with Crippen molar-refractivity contribution in [2.45, 2.75) is 37.8 Å². The van der Waals surface area contributed by atoms with E-state index >= 15 is 0 Å². The van der Waals surface area contributed by atoms with Gasteiger partial charge in [0.25, 0.3) is 11.8 Å². The van der Waals surface area contributed by atoms with Gasteiger partial charge in [-0.1, -0.05) is 37.4 Å². The number of benzene rings is 2. The van der Waals surface area contributed by atoms with E-state index in [-0.39, 0.29) is 59.0 Å². The third-order valence-corrected chi connectivity index (χ3v) is 11.3. The molecular formula is C46H44N16O10. The van der Waals surface area contributed by atoms with Crippen LogP contribution in [0.3, 0.4) is 0 Å². The molecule has 2 aromatic carbocycles. The van der Waals surface area contributed by atoms with Crippen molar-refractivity contribution in [3.63, 3.8) is 0 Å². The summed E-state index contributed by atoms with van der Waals surface area (Å²) in [4.78, 5) is 98.1. The highest BCUT2D eigenvalue weighted by Crippen LogP contribution is 2.31. The second-order valence-corrected chi connectivity index (χ2v) is 16.0. The third-order valence-electron chi connectivity index (χ3n) is 11.3. The topological polar surface area (TPSA) is 365 Å². The molecule has 10 rings (SSSR count). The second kappa shape index (κ2) is 21.2. The van der Waals surface area contributed by atoms with Crippen molar-refractivity contribution in [2.75, 3.05) is 48.3 Å². The zero-order chi connectivity index (χ0) is 51.1. The lowest BCUT2D eigenvalue weighted by Gasteiger charge is -2.32. The van der Waals surface area contributed by atoms with Crippen molar-refractivity contribution in [3.8, 4) is 0 Å². The molecule has 0 radical (unpaired) electrons. The number of oxazole rings is 2. The van der Waals surface area contributed by atoms with Crippen molar-refractivity contribution in [3.05, 3.63) is 110 Å². The largest absolute Gasteiger partial charge is 0.478 e. The Hall–Kier alpha value is -9.88. The average Bonchev–Trinajstić information content (AvgIpc) is 4.19. The lowest BCUT2D eigenvalue weighted by atomic mass is 10.1. The van der Waals surface area contributed by atoms with Crippen LogP contribution >= 0.6 is 0 Å². The SMILES string of the molecule is C=CC(=O)N1CCCC(n2nc(C(=O)Nc3nc4ccccc4o3)c3c(N)ncnc32)C1.C=CC(=O)N1CCCC(n2nc(C(=O)Nc3nc4ccccc4o3)c3c(N)ncnc32)C1.O=C(O)/C=C/C(=O)O. The molecule has 8 heterocycles. The minimum Gasteiger partial charge on any atom is -0.478 e. The van der Waals surface area contributed by atoms with Gasteiger partial charge in [0.2, 0.25) is 11.8 Å². The molecule has 2 unspecified atom stereocenters. The number of hydrogen-bond donors (Lipinski definition) is 6. The number of carboxylic acid groups (broad SMARTS) is 2. The number of nitrogens with zero attached hydrogens (tertiary/aromatic N) is 12. The maximum absolute atomic E-state index is 13.1. The van der Waals surface area contributed by atoms with Gasteiger partial charge in [-0.3, -0.25) is 29.8 Å². The predicted molar refractivity (Wildman–Crippen MR) is 258 cm³/mol. The van der Waals surface area contributed by atoms with Gasteiger partial charge in [-0.05, 0) is 62.1 Å². The van der Waals surface area contributed by atoms with E-state index in [4.69, 9.17) is 30.5 Å². The van der Waals surface area contributed by atoms with E-state index in [9.17, 15) is 28.8 Å². The summed E-state index contributed by atoms with van der Waals surface area (Å²) in [6.07, 6.45) is 9.48. The molecule has 0 spiro atoms. The Kier molecular flexibility index (Phi) is 14.3. The number of amides is 4. The van der Waals surface area contributed by atoms with E-state index in [0.717, 1.165) is 25.7 Å². The monoisotopic (exact) mass is 980 g/mol. The van der Waals surface area contributed by atoms with Crippen molar-refractivity contribution < 1.29 is 47.8 Å². The number of carbonyl (C=O) groups is 6. The molecule has 0 aliphatic carbocycles. The fourth-order valence-corrected chi connectivity index (χ4v) is 8.09. The van der Waals surface area contributed by atoms with Gasteiger partial charge >= 0.3 is 24.0 Å². The smallest absolute Gasteiger partial charge is 0.328 e. The molecule has 2 aliphatic rings. The van der Waals surface area contributed by atoms with E-state index in [0.29, 0.717) is 82.6 Å². The van der Waals surface area contributed by atoms with E-state index in [1.807, 2.05) is 24.3 Å². The second-order valence-electron chi connectivity index (χ2n) is 16.0. The number of aliphatic carboxylic acids is 2. The van der Waals surface area contributed by atoms with E-state index in [1.165, 1.54) is 24.8 Å². The Labute approximate surface area is 405 Å². The van der Waals surface area contributed by atoms with E-state index in [2.05, 4.69) is 63.9 Å². The standard InChI is InChI=1S/2C21H20N8O3.C4H4O4/c2*1-2-15(30)28-9-5-6-12(10-28)29-19-16(18(22)23-11-24-19)17(27-29)20(31)26-21-25-13-7-3-4-8-14(13)32-21;5-3(6)1-2-4(7)8/h2*2-4,7-8,11-12H,1,5-6,9-10H2,(H2,22,23,24)(H,25,26,31);1-2H,(H,5,6)(H,7,8)/b;;2-1+. The van der Waals surface area contributed by atoms with Crippen LogP contribution in [0.5, 0.6) is 0 Å². The third kappa shape index (κ3) is 10.6. The quantitative estimate of drug-likeness (QED) is 0.105. The number of hydrogen-bond acceptors (Lipinski definition) is 18. The number of aromatic nitrogens is 10. The van der Waals surface area contributed by atoms with Crippen molar-refractivity contribution in [2.24, 2.45) is 0 Å². The Balaban J connectivity index is 0.000000168. The Bertz CT molecular complexity index is 3160. The first-order valence-electron chi connectivity index (χ1n) is 22.0. The van der Waals surface area contributed by atoms with Gasteiger partial charge in [-0.25, -0.2) is 38.9 Å². The van der Waals surface area contributed by atoms with Gasteiger partial charge in [0.05, 0.1) is 22.9 Å². The number of piperidine rings is 2. The zero-order valence-corrected chi connectivity index (χ0v) is 38.0. The number of nitrogen functional groups attached to an aromatic ring is 2. The van der Waals surface area contributed by atoms with Crippen LogP contribution in [0, 0.1) is 0 Å². The van der Waals surface area contributed by atoms with Gasteiger partial charge in [0.15, 0.2) is 33.8 Å². The molecule has 2 atom stereocenters. The minimum atomic E-state index is -1.26. The molecule has 0 saturated carbocycles. The van der Waals surface area contributed by atoms with Gasteiger partial charge in [-0.2, -0.15) is 20.2 Å². The predicted octanol–water partition coefficient (Wildman–Crippen LogP) is 4.01. The van der Waals surface area contributed by atoms with Crippen LogP contribution in [-0.2, 0) is 19.2 Å². The number of para-hydroxylation sites is 4. The van der Waals surface area contributed by atoms with Crippen LogP contribution in [0.2, 0.25) is 0 Å². The zero-order valence-electron chi connectivity index (χ0n) is 38.0. The van der Waals surface area contributed by atoms with Crippen LogP contribution in [0.4, 0.5) is 23.7 Å². The number of nitrogens with two attached hydrogens (primary N) is 2. The van der Waals surface area contributed by atoms with Crippen LogP contribution in [0.25, 0.3) is 44.3 Å². The molecule has 368 valence electrons. The number of fused-ring (bicyclic) bond motifs is 4. The van der Waals surface area contributed by atoms with Gasteiger partial charge in [0.1, 0.15) is 35.3 Å². The maximum atomic E-state index is 13.1. The number of rotatable bonds is 10. The molecule has 8 N–H and O–H groups in total. The molecule has 2 saturated heterocycles. The first-order chi connectivity index (χ1) is 34.7. The van der Waals surface area contributed by atoms with Crippen LogP contribution in [-0.4, -0.2) is 131 Å². The minimum absolute atomic E-state index is 0.0507. The summed E-state index contributed by atoms with van der Waals surface area (Å²) >= 11 is 0. The number of likely N-dealkylation sites (tertiary alicyclic amines) is 2. The Morgan fingerprint density at radius 3 is 1.40 bits per heavy atom. The molecule has 0 bridgehead atoms. The Morgan fingerprint density at radius 1 is 0.625 bits per heavy atom. The lowest BCUT2D eigenvalue weighted by Crippen LogP contribution is -2.40. The normalized spacial score (nSPS) is 15.6. The molecule has 6 aromatic heterocycles. The number of anilines is 4. The molecule has 2 aliphatic heterocycles. The van der Waals surface area contributed by atoms with E-state index < -0.39 is 23.8 Å². The molecule has 8 aromatic rings. The molecule has 26 nitrogen and oxygen atoms in total. The van der Waals surface area contributed by atoms with Gasteiger partial charge in [-0.15, -0.1) is 0 Å². The molecular weight excluding hydrogens is 937 g/mol. The summed E-state index contributed by atoms with van der Waals surface area (Å²) in [6, 6.07) is 14.1. The highest BCUT2D eigenvalue weighted by Gasteiger charge is 2.32. The summed E-state index contributed by atoms with van der Waals surface area (Å²) in [5, 5.41) is 30.6. The van der Waals surface area contributed by atoms with Crippen LogP contribution in [0.15, 0.2) is 107 Å². The molecule has 26 heteroatoms. The molecule has 2 fully saturated rings. The fraction of sp³-hybridized carbons (Fsp3) is 0.217. The first kappa shape index (κ1) is 48.6. The highest BCUT2D eigenvalue weighted by atomic mass is 16.4. The van der Waals surface area contributed by atoms with Gasteiger partial charge in [0, 0.05) is 38.3 Å². The summed E-state index contributed by atoms with van der Waals surface area (Å²) in [5.74, 6) is -3.62. The highest BCUT2D eigenvalue weighted by molar-refractivity contribution is 6.13. The molecule has 72 heavy (non-hydrogen) atoms. The maximum Gasteiger partial charge on any atom is 0.328 e. The Morgan fingerprint density at radius 2 is 1.03 bits per heavy atom. The van der Waals surface area contributed by atoms with Crippen molar-refractivity contribution in [1.29, 1.82) is 0 Å². The number of nitrogens with one attached hydrogen (secondary N) is 2. The summed E-state index contributed by atoms with van der Waals surface area (Å²) in [7, 11) is 0. The summed E-state index contributed by atoms with van der Waals surface area (Å²) < 4.78 is 14.5. The fourth-order valence-electron chi connectivity index (χ4n) is 8.09. The first-order valence-corrected chi connectivity index (χ1v) is 22.0.